The Morgan fingerprint density at radius 3 is 2.42 bits per heavy atom. The smallest absolute Gasteiger partial charge is 0.344 e. The van der Waals surface area contributed by atoms with Crippen LogP contribution < -0.4 is 25.1 Å². The van der Waals surface area contributed by atoms with Crippen molar-refractivity contribution in [1.82, 2.24) is 10.9 Å². The van der Waals surface area contributed by atoms with Gasteiger partial charge in [0.1, 0.15) is 11.3 Å². The fourth-order valence-electron chi connectivity index (χ4n) is 2.74. The van der Waals surface area contributed by atoms with Gasteiger partial charge in [-0.3, -0.25) is 10.2 Å². The van der Waals surface area contributed by atoms with Crippen LogP contribution in [0.4, 0.5) is 0 Å². The molecule has 0 spiro atoms. The van der Waals surface area contributed by atoms with Gasteiger partial charge in [-0.25, -0.2) is 4.79 Å². The van der Waals surface area contributed by atoms with Crippen LogP contribution in [0, 0.1) is 0 Å². The van der Waals surface area contributed by atoms with Crippen LogP contribution in [-0.4, -0.2) is 33.2 Å². The van der Waals surface area contributed by atoms with Gasteiger partial charge in [0.2, 0.25) is 0 Å². The first-order valence-electron chi connectivity index (χ1n) is 7.75. The molecule has 8 nitrogen and oxygen atoms in total. The van der Waals surface area contributed by atoms with E-state index < -0.39 is 18.1 Å². The number of nitrogens with one attached hydrogen (secondary N) is 2. The lowest BCUT2D eigenvalue weighted by Gasteiger charge is -2.15. The number of methoxy groups -OCH3 is 3. The van der Waals surface area contributed by atoms with Crippen molar-refractivity contribution >= 4 is 11.9 Å². The van der Waals surface area contributed by atoms with Crippen LogP contribution in [-0.2, 0) is 4.74 Å². The molecule has 0 aliphatic carbocycles. The van der Waals surface area contributed by atoms with E-state index in [1.807, 2.05) is 0 Å². The van der Waals surface area contributed by atoms with Crippen molar-refractivity contribution in [2.24, 2.45) is 0 Å². The molecule has 2 aromatic rings. The molecule has 0 fully saturated rings. The molecule has 1 aliphatic heterocycles. The summed E-state index contributed by atoms with van der Waals surface area (Å²) < 4.78 is 20.9. The quantitative estimate of drug-likeness (QED) is 0.601. The number of ether oxygens (including phenoxy) is 4. The zero-order valence-electron chi connectivity index (χ0n) is 14.5. The summed E-state index contributed by atoms with van der Waals surface area (Å²) in [4.78, 5) is 24.6. The Balaban J connectivity index is 1.79. The first kappa shape index (κ1) is 17.6. The van der Waals surface area contributed by atoms with Gasteiger partial charge in [0.25, 0.3) is 5.91 Å². The van der Waals surface area contributed by atoms with Gasteiger partial charge in [-0.05, 0) is 24.3 Å². The lowest BCUT2D eigenvalue weighted by atomic mass is 10.1. The molecule has 0 bridgehead atoms. The third-order valence-corrected chi connectivity index (χ3v) is 3.96. The molecule has 1 heterocycles. The van der Waals surface area contributed by atoms with Crippen LogP contribution in [0.5, 0.6) is 17.2 Å². The number of hydrazine groups is 1. The molecular weight excluding hydrogens is 340 g/mol. The summed E-state index contributed by atoms with van der Waals surface area (Å²) in [5.74, 6) is 0.145. The molecule has 136 valence electrons. The Morgan fingerprint density at radius 2 is 1.73 bits per heavy atom. The molecule has 8 heteroatoms. The largest absolute Gasteiger partial charge is 0.496 e. The highest BCUT2D eigenvalue weighted by Crippen LogP contribution is 2.40. The molecule has 3 rings (SSSR count). The van der Waals surface area contributed by atoms with E-state index in [2.05, 4.69) is 10.9 Å². The SMILES string of the molecule is COc1ccccc1C(=O)NN[C@H]1OC(=O)c2c1ccc(OC)c2OC. The fourth-order valence-corrected chi connectivity index (χ4v) is 2.74. The molecule has 2 N–H and O–H groups in total. The van der Waals surface area contributed by atoms with Crippen molar-refractivity contribution in [3.05, 3.63) is 53.1 Å². The summed E-state index contributed by atoms with van der Waals surface area (Å²) in [6.07, 6.45) is -0.851. The summed E-state index contributed by atoms with van der Waals surface area (Å²) in [5.41, 5.74) is 6.38. The van der Waals surface area contributed by atoms with Crippen molar-refractivity contribution in [3.8, 4) is 17.2 Å². The Bertz CT molecular complexity index is 852. The highest BCUT2D eigenvalue weighted by molar-refractivity contribution is 5.98. The van der Waals surface area contributed by atoms with Gasteiger partial charge in [0.05, 0.1) is 26.9 Å². The van der Waals surface area contributed by atoms with Gasteiger partial charge >= 0.3 is 5.97 Å². The molecular formula is C18H18N2O6. The van der Waals surface area contributed by atoms with Crippen molar-refractivity contribution in [2.45, 2.75) is 6.23 Å². The summed E-state index contributed by atoms with van der Waals surface area (Å²) >= 11 is 0. The van der Waals surface area contributed by atoms with Gasteiger partial charge in [0.15, 0.2) is 17.7 Å². The van der Waals surface area contributed by atoms with E-state index in [9.17, 15) is 9.59 Å². The van der Waals surface area contributed by atoms with E-state index in [1.54, 1.807) is 36.4 Å². The second kappa shape index (κ2) is 7.32. The van der Waals surface area contributed by atoms with Gasteiger partial charge < -0.3 is 18.9 Å². The number of fused-ring (bicyclic) bond motifs is 1. The van der Waals surface area contributed by atoms with E-state index in [1.165, 1.54) is 21.3 Å². The number of carbonyl (C=O) groups is 2. The maximum absolute atomic E-state index is 12.4. The molecule has 2 aromatic carbocycles. The number of hydrogen-bond donors (Lipinski definition) is 2. The minimum Gasteiger partial charge on any atom is -0.496 e. The summed E-state index contributed by atoms with van der Waals surface area (Å²) in [5, 5.41) is 0. The number of hydrogen-bond acceptors (Lipinski definition) is 7. The van der Waals surface area contributed by atoms with E-state index in [4.69, 9.17) is 18.9 Å². The predicted octanol–water partition coefficient (Wildman–Crippen LogP) is 1.82. The topological polar surface area (TPSA) is 95.1 Å². The minimum atomic E-state index is -0.851. The first-order valence-corrected chi connectivity index (χ1v) is 7.75. The van der Waals surface area contributed by atoms with Crippen LogP contribution in [0.2, 0.25) is 0 Å². The summed E-state index contributed by atoms with van der Waals surface area (Å²) in [6, 6.07) is 10.1. The maximum atomic E-state index is 12.4. The van der Waals surface area contributed by atoms with Crippen LogP contribution in [0.1, 0.15) is 32.5 Å². The van der Waals surface area contributed by atoms with Crippen LogP contribution in [0.25, 0.3) is 0 Å². The number of carbonyl (C=O) groups excluding carboxylic acids is 2. The number of para-hydroxylation sites is 1. The van der Waals surface area contributed by atoms with Gasteiger partial charge in [0, 0.05) is 5.56 Å². The molecule has 0 saturated heterocycles. The van der Waals surface area contributed by atoms with E-state index >= 15 is 0 Å². The van der Waals surface area contributed by atoms with Crippen molar-refractivity contribution in [2.75, 3.05) is 21.3 Å². The van der Waals surface area contributed by atoms with Crippen molar-refractivity contribution in [3.63, 3.8) is 0 Å². The van der Waals surface area contributed by atoms with Crippen LogP contribution in [0.15, 0.2) is 36.4 Å². The highest BCUT2D eigenvalue weighted by Gasteiger charge is 2.36. The molecule has 0 saturated carbocycles. The molecule has 26 heavy (non-hydrogen) atoms. The summed E-state index contributed by atoms with van der Waals surface area (Å²) in [6.45, 7) is 0. The predicted molar refractivity (Wildman–Crippen MR) is 91.3 cm³/mol. The molecule has 1 aliphatic rings. The minimum absolute atomic E-state index is 0.260. The third-order valence-electron chi connectivity index (χ3n) is 3.96. The molecule has 0 unspecified atom stereocenters. The van der Waals surface area contributed by atoms with E-state index in [-0.39, 0.29) is 11.3 Å². The van der Waals surface area contributed by atoms with E-state index in [0.29, 0.717) is 22.6 Å². The Kier molecular flexibility index (Phi) is 4.94. The fraction of sp³-hybridized carbons (Fsp3) is 0.222. The average molecular weight is 358 g/mol. The Morgan fingerprint density at radius 1 is 1.00 bits per heavy atom. The number of benzene rings is 2. The van der Waals surface area contributed by atoms with E-state index in [0.717, 1.165) is 0 Å². The lowest BCUT2D eigenvalue weighted by molar-refractivity contribution is 0.0259. The molecule has 0 aromatic heterocycles. The maximum Gasteiger partial charge on any atom is 0.344 e. The van der Waals surface area contributed by atoms with Crippen LogP contribution >= 0.6 is 0 Å². The zero-order chi connectivity index (χ0) is 18.7. The second-order valence-corrected chi connectivity index (χ2v) is 5.35. The first-order chi connectivity index (χ1) is 12.6. The number of esters is 1. The number of amides is 1. The second-order valence-electron chi connectivity index (χ2n) is 5.35. The number of rotatable bonds is 6. The standard InChI is InChI=1S/C18H18N2O6/c1-23-12-7-5-4-6-10(12)16(21)19-20-17-11-8-9-13(24-2)15(25-3)14(11)18(22)26-17/h4-9,17,20H,1-3H3,(H,19,21)/t17-/m0/s1. The highest BCUT2D eigenvalue weighted by atomic mass is 16.6. The lowest BCUT2D eigenvalue weighted by Crippen LogP contribution is -2.40. The van der Waals surface area contributed by atoms with Crippen molar-refractivity contribution in [1.29, 1.82) is 0 Å². The molecule has 1 atom stereocenters. The van der Waals surface area contributed by atoms with Gasteiger partial charge in [-0.1, -0.05) is 12.1 Å². The van der Waals surface area contributed by atoms with Gasteiger partial charge in [-0.15, -0.1) is 0 Å². The monoisotopic (exact) mass is 358 g/mol. The molecule has 1 amide bonds. The Labute approximate surface area is 150 Å². The Hall–Kier alpha value is -3.26. The number of cyclic esters (lactones) is 1. The normalized spacial score (nSPS) is 15.0. The van der Waals surface area contributed by atoms with Crippen LogP contribution in [0.3, 0.4) is 0 Å². The van der Waals surface area contributed by atoms with Crippen molar-refractivity contribution < 1.29 is 28.5 Å². The third kappa shape index (κ3) is 3.02. The van der Waals surface area contributed by atoms with Gasteiger partial charge in [-0.2, -0.15) is 5.43 Å². The zero-order valence-corrected chi connectivity index (χ0v) is 14.5. The molecule has 0 radical (unpaired) electrons. The average Bonchev–Trinajstić information content (AvgIpc) is 3.01. The summed E-state index contributed by atoms with van der Waals surface area (Å²) in [7, 11) is 4.40.